The highest BCUT2D eigenvalue weighted by Gasteiger charge is 2.67. The maximum Gasteiger partial charge on any atom is 0.0860 e. The first kappa shape index (κ1) is 20.0. The van der Waals surface area contributed by atoms with E-state index in [2.05, 4.69) is 83.1 Å². The minimum atomic E-state index is -0.757. The molecule has 1 aliphatic rings. The molecular formula is C20H40O2. The minimum Gasteiger partial charge on any atom is -0.390 e. The van der Waals surface area contributed by atoms with Gasteiger partial charge in [-0.05, 0) is 32.5 Å². The van der Waals surface area contributed by atoms with Gasteiger partial charge in [0.2, 0.25) is 0 Å². The maximum atomic E-state index is 11.1. The van der Waals surface area contributed by atoms with Gasteiger partial charge in [0.05, 0.1) is 12.2 Å². The minimum absolute atomic E-state index is 0.0363. The predicted octanol–water partition coefficient (Wildman–Crippen LogP) is 4.88. The first-order chi connectivity index (χ1) is 9.32. The smallest absolute Gasteiger partial charge is 0.0860 e. The summed E-state index contributed by atoms with van der Waals surface area (Å²) in [6, 6.07) is 0. The van der Waals surface area contributed by atoms with E-state index in [0.29, 0.717) is 0 Å². The van der Waals surface area contributed by atoms with Gasteiger partial charge in [-0.15, -0.1) is 0 Å². The van der Waals surface area contributed by atoms with Gasteiger partial charge in [-0.1, -0.05) is 83.1 Å². The van der Waals surface area contributed by atoms with Crippen LogP contribution in [0.5, 0.6) is 0 Å². The molecule has 0 heterocycles. The molecule has 0 amide bonds. The molecule has 0 bridgehead atoms. The fourth-order valence-electron chi connectivity index (χ4n) is 4.70. The van der Waals surface area contributed by atoms with Crippen molar-refractivity contribution in [2.75, 3.05) is 0 Å². The Morgan fingerprint density at radius 2 is 0.591 bits per heavy atom. The van der Waals surface area contributed by atoms with Crippen molar-refractivity contribution in [3.05, 3.63) is 0 Å². The summed E-state index contributed by atoms with van der Waals surface area (Å²) in [4.78, 5) is 0. The van der Waals surface area contributed by atoms with Crippen molar-refractivity contribution in [1.29, 1.82) is 0 Å². The number of rotatable bonds is 0. The van der Waals surface area contributed by atoms with Gasteiger partial charge in [0.25, 0.3) is 0 Å². The van der Waals surface area contributed by atoms with Crippen LogP contribution < -0.4 is 0 Å². The van der Waals surface area contributed by atoms with Gasteiger partial charge in [0, 0.05) is 0 Å². The molecule has 0 aromatic heterocycles. The lowest BCUT2D eigenvalue weighted by molar-refractivity contribution is -0.264. The average Bonchev–Trinajstić information content (AvgIpc) is 2.34. The third kappa shape index (κ3) is 1.92. The number of hydrogen-bond acceptors (Lipinski definition) is 2. The van der Waals surface area contributed by atoms with Gasteiger partial charge in [-0.25, -0.2) is 0 Å². The second kappa shape index (κ2) is 4.72. The van der Waals surface area contributed by atoms with Crippen LogP contribution in [0.4, 0.5) is 0 Å². The standard InChI is InChI=1S/C20H40O2/c1-15(2)13(21)14(22)16(3,4)18(7,8)20(11,12)19(9,10)17(15,5)6/h13-14,21-22H,1-12H3. The lowest BCUT2D eigenvalue weighted by Gasteiger charge is -2.70. The summed E-state index contributed by atoms with van der Waals surface area (Å²) in [7, 11) is 0. The van der Waals surface area contributed by atoms with Crippen LogP contribution in [0.1, 0.15) is 83.1 Å². The molecule has 2 atom stereocenters. The topological polar surface area (TPSA) is 40.5 Å². The van der Waals surface area contributed by atoms with Crippen LogP contribution in [0.2, 0.25) is 0 Å². The van der Waals surface area contributed by atoms with Crippen LogP contribution >= 0.6 is 0 Å². The van der Waals surface area contributed by atoms with Gasteiger partial charge < -0.3 is 10.2 Å². The third-order valence-electron chi connectivity index (χ3n) is 9.69. The van der Waals surface area contributed by atoms with Crippen LogP contribution in [-0.2, 0) is 0 Å². The van der Waals surface area contributed by atoms with Gasteiger partial charge in [-0.3, -0.25) is 0 Å². The number of hydrogen-bond donors (Lipinski definition) is 2. The van der Waals surface area contributed by atoms with Gasteiger partial charge in [0.15, 0.2) is 0 Å². The number of aliphatic hydroxyl groups excluding tert-OH is 2. The molecule has 0 aromatic carbocycles. The molecule has 1 fully saturated rings. The molecule has 2 N–H and O–H groups in total. The van der Waals surface area contributed by atoms with E-state index in [-0.39, 0.29) is 21.7 Å². The highest BCUT2D eigenvalue weighted by atomic mass is 16.3. The van der Waals surface area contributed by atoms with E-state index in [9.17, 15) is 10.2 Å². The van der Waals surface area contributed by atoms with Crippen molar-refractivity contribution in [3.63, 3.8) is 0 Å². The van der Waals surface area contributed by atoms with Crippen molar-refractivity contribution in [1.82, 2.24) is 0 Å². The zero-order valence-electron chi connectivity index (χ0n) is 17.0. The van der Waals surface area contributed by atoms with Crippen molar-refractivity contribution in [3.8, 4) is 0 Å². The molecule has 1 saturated carbocycles. The molecule has 2 unspecified atom stereocenters. The first-order valence-corrected chi connectivity index (χ1v) is 8.68. The van der Waals surface area contributed by atoms with Crippen LogP contribution in [0.15, 0.2) is 0 Å². The maximum absolute atomic E-state index is 11.1. The molecule has 2 heteroatoms. The summed E-state index contributed by atoms with van der Waals surface area (Å²) in [5.74, 6) is 0. The van der Waals surface area contributed by atoms with Gasteiger partial charge in [-0.2, -0.15) is 0 Å². The molecule has 0 saturated heterocycles. The molecule has 1 aliphatic carbocycles. The molecule has 0 spiro atoms. The van der Waals surface area contributed by atoms with E-state index >= 15 is 0 Å². The number of aliphatic hydroxyl groups is 2. The second-order valence-electron chi connectivity index (χ2n) is 10.8. The van der Waals surface area contributed by atoms with E-state index in [1.807, 2.05) is 0 Å². The summed E-state index contributed by atoms with van der Waals surface area (Å²) in [6.45, 7) is 26.7. The Labute approximate surface area is 138 Å². The Balaban J connectivity index is 3.83. The molecule has 1 rings (SSSR count). The Kier molecular flexibility index (Phi) is 4.29. The lowest BCUT2D eigenvalue weighted by atomic mass is 9.35. The largest absolute Gasteiger partial charge is 0.390 e. The van der Waals surface area contributed by atoms with Gasteiger partial charge >= 0.3 is 0 Å². The summed E-state index contributed by atoms with van der Waals surface area (Å²) < 4.78 is 0. The van der Waals surface area contributed by atoms with Crippen LogP contribution in [0, 0.1) is 32.5 Å². The molecule has 0 radical (unpaired) electrons. The van der Waals surface area contributed by atoms with E-state index < -0.39 is 23.0 Å². The van der Waals surface area contributed by atoms with Gasteiger partial charge in [0.1, 0.15) is 0 Å². The zero-order chi connectivity index (χ0) is 18.2. The quantitative estimate of drug-likeness (QED) is 0.669. The zero-order valence-corrected chi connectivity index (χ0v) is 17.0. The molecular weight excluding hydrogens is 272 g/mol. The summed E-state index contributed by atoms with van der Waals surface area (Å²) in [5.41, 5.74) is -1.19. The summed E-state index contributed by atoms with van der Waals surface area (Å²) >= 11 is 0. The SMILES string of the molecule is CC1(C)C(O)C(O)C(C)(C)C(C)(C)C(C)(C)C(C)(C)C1(C)C. The molecule has 132 valence electrons. The first-order valence-electron chi connectivity index (χ1n) is 8.68. The highest BCUT2D eigenvalue weighted by molar-refractivity contribution is 5.16. The Bertz CT molecular complexity index is 397. The van der Waals surface area contributed by atoms with Crippen molar-refractivity contribution in [2.45, 2.75) is 95.3 Å². The summed E-state index contributed by atoms with van der Waals surface area (Å²) in [6.07, 6.45) is -1.51. The van der Waals surface area contributed by atoms with Crippen molar-refractivity contribution < 1.29 is 10.2 Å². The fraction of sp³-hybridized carbons (Fsp3) is 1.00. The van der Waals surface area contributed by atoms with E-state index in [4.69, 9.17) is 0 Å². The lowest BCUT2D eigenvalue weighted by Crippen LogP contribution is -2.69. The fourth-order valence-corrected chi connectivity index (χ4v) is 4.70. The molecule has 0 aliphatic heterocycles. The Hall–Kier alpha value is -0.0800. The monoisotopic (exact) mass is 312 g/mol. The van der Waals surface area contributed by atoms with Crippen molar-refractivity contribution >= 4 is 0 Å². The Morgan fingerprint density at radius 1 is 0.409 bits per heavy atom. The predicted molar refractivity (Wildman–Crippen MR) is 94.7 cm³/mol. The molecule has 2 nitrogen and oxygen atoms in total. The Morgan fingerprint density at radius 3 is 0.773 bits per heavy atom. The van der Waals surface area contributed by atoms with E-state index in [1.165, 1.54) is 0 Å². The van der Waals surface area contributed by atoms with Crippen molar-refractivity contribution in [2.24, 2.45) is 32.5 Å². The normalized spacial score (nSPS) is 37.9. The summed E-state index contributed by atoms with van der Waals surface area (Å²) in [5, 5.41) is 22.1. The van der Waals surface area contributed by atoms with Crippen LogP contribution in [0.25, 0.3) is 0 Å². The van der Waals surface area contributed by atoms with Crippen LogP contribution in [-0.4, -0.2) is 22.4 Å². The highest BCUT2D eigenvalue weighted by Crippen LogP contribution is 2.70. The van der Waals surface area contributed by atoms with Crippen LogP contribution in [0.3, 0.4) is 0 Å². The third-order valence-corrected chi connectivity index (χ3v) is 9.69. The molecule has 0 aromatic rings. The van der Waals surface area contributed by atoms with E-state index in [0.717, 1.165) is 0 Å². The second-order valence-corrected chi connectivity index (χ2v) is 10.8. The average molecular weight is 313 g/mol. The van der Waals surface area contributed by atoms with E-state index in [1.54, 1.807) is 0 Å². The molecule has 22 heavy (non-hydrogen) atoms.